The van der Waals surface area contributed by atoms with E-state index in [0.717, 1.165) is 19.4 Å². The zero-order valence-electron chi connectivity index (χ0n) is 13.7. The van der Waals surface area contributed by atoms with Gasteiger partial charge in [0.1, 0.15) is 17.3 Å². The number of halogens is 2. The van der Waals surface area contributed by atoms with Crippen molar-refractivity contribution in [1.82, 2.24) is 15.3 Å². The molecule has 1 amide bonds. The molecule has 0 saturated carbocycles. The summed E-state index contributed by atoms with van der Waals surface area (Å²) in [6.07, 6.45) is 2.08. The van der Waals surface area contributed by atoms with Crippen molar-refractivity contribution in [1.29, 1.82) is 0 Å². The number of nitrogens with one attached hydrogen (secondary N) is 2. The van der Waals surface area contributed by atoms with Crippen LogP contribution in [0.15, 0.2) is 24.3 Å². The van der Waals surface area contributed by atoms with Gasteiger partial charge in [-0.3, -0.25) is 4.79 Å². The number of nitrogens with zero attached hydrogens (tertiary/aromatic N) is 2. The minimum Gasteiger partial charge on any atom is -0.376 e. The van der Waals surface area contributed by atoms with E-state index in [2.05, 4.69) is 20.6 Å². The van der Waals surface area contributed by atoms with Crippen molar-refractivity contribution in [2.24, 2.45) is 0 Å². The summed E-state index contributed by atoms with van der Waals surface area (Å²) in [5.41, 5.74) is 0.974. The zero-order chi connectivity index (χ0) is 17.8. The fraction of sp³-hybridized carbons (Fsp3) is 0.353. The van der Waals surface area contributed by atoms with E-state index in [0.29, 0.717) is 39.6 Å². The Morgan fingerprint density at radius 2 is 2.00 bits per heavy atom. The maximum absolute atomic E-state index is 12.3. The van der Waals surface area contributed by atoms with E-state index in [9.17, 15) is 4.79 Å². The summed E-state index contributed by atoms with van der Waals surface area (Å²) in [5.74, 6) is 0.724. The second-order valence-electron chi connectivity index (χ2n) is 5.81. The van der Waals surface area contributed by atoms with Gasteiger partial charge in [0.05, 0.1) is 6.10 Å². The maximum Gasteiger partial charge on any atom is 0.270 e. The van der Waals surface area contributed by atoms with Gasteiger partial charge >= 0.3 is 0 Å². The standard InChI is InChI=1S/C17H18Cl2N4O2/c1-10-21-15(17(24)20-9-14-3-2-4-25-14)8-16(22-10)23-13-6-11(18)5-12(19)7-13/h5-8,14H,2-4,9H2,1H3,(H,20,24)(H,21,22,23). The van der Waals surface area contributed by atoms with E-state index in [4.69, 9.17) is 27.9 Å². The molecule has 1 unspecified atom stereocenters. The number of carbonyl (C=O) groups is 1. The molecule has 0 radical (unpaired) electrons. The molecule has 0 aliphatic carbocycles. The van der Waals surface area contributed by atoms with Crippen LogP contribution in [-0.4, -0.2) is 35.1 Å². The van der Waals surface area contributed by atoms with Crippen LogP contribution in [-0.2, 0) is 4.74 Å². The minimum atomic E-state index is -0.256. The lowest BCUT2D eigenvalue weighted by Crippen LogP contribution is -2.32. The zero-order valence-corrected chi connectivity index (χ0v) is 15.2. The summed E-state index contributed by atoms with van der Waals surface area (Å²) in [6, 6.07) is 6.68. The molecule has 3 rings (SSSR count). The number of aromatic nitrogens is 2. The third-order valence-electron chi connectivity index (χ3n) is 3.72. The predicted molar refractivity (Wildman–Crippen MR) is 97.8 cm³/mol. The Balaban J connectivity index is 1.71. The second kappa shape index (κ2) is 7.99. The van der Waals surface area contributed by atoms with E-state index >= 15 is 0 Å². The van der Waals surface area contributed by atoms with Crippen molar-refractivity contribution in [2.75, 3.05) is 18.5 Å². The highest BCUT2D eigenvalue weighted by Crippen LogP contribution is 2.24. The lowest BCUT2D eigenvalue weighted by atomic mass is 10.2. The largest absolute Gasteiger partial charge is 0.376 e. The van der Waals surface area contributed by atoms with Crippen LogP contribution in [0.2, 0.25) is 10.0 Å². The van der Waals surface area contributed by atoms with Crippen molar-refractivity contribution in [3.8, 4) is 0 Å². The van der Waals surface area contributed by atoms with Gasteiger partial charge in [-0.2, -0.15) is 0 Å². The molecule has 0 bridgehead atoms. The summed E-state index contributed by atoms with van der Waals surface area (Å²) in [5, 5.41) is 6.97. The first-order valence-electron chi connectivity index (χ1n) is 7.98. The SMILES string of the molecule is Cc1nc(Nc2cc(Cl)cc(Cl)c2)cc(C(=O)NCC2CCCO2)n1. The lowest BCUT2D eigenvalue weighted by molar-refractivity contribution is 0.0853. The number of hydrogen-bond acceptors (Lipinski definition) is 5. The van der Waals surface area contributed by atoms with Gasteiger partial charge in [0.25, 0.3) is 5.91 Å². The molecular weight excluding hydrogens is 363 g/mol. The summed E-state index contributed by atoms with van der Waals surface area (Å²) >= 11 is 12.0. The van der Waals surface area contributed by atoms with Crippen molar-refractivity contribution in [3.63, 3.8) is 0 Å². The molecular formula is C17H18Cl2N4O2. The number of rotatable bonds is 5. The van der Waals surface area contributed by atoms with E-state index < -0.39 is 0 Å². The number of aryl methyl sites for hydroxylation is 1. The number of anilines is 2. The molecule has 1 atom stereocenters. The van der Waals surface area contributed by atoms with Gasteiger partial charge in [-0.25, -0.2) is 9.97 Å². The van der Waals surface area contributed by atoms with E-state index in [1.54, 1.807) is 31.2 Å². The predicted octanol–water partition coefficient (Wildman–Crippen LogP) is 3.74. The average molecular weight is 381 g/mol. The minimum absolute atomic E-state index is 0.0816. The highest BCUT2D eigenvalue weighted by atomic mass is 35.5. The summed E-state index contributed by atoms with van der Waals surface area (Å²) in [4.78, 5) is 20.8. The fourth-order valence-electron chi connectivity index (χ4n) is 2.62. The topological polar surface area (TPSA) is 76.1 Å². The van der Waals surface area contributed by atoms with Crippen LogP contribution in [0.1, 0.15) is 29.2 Å². The van der Waals surface area contributed by atoms with Crippen LogP contribution in [0.4, 0.5) is 11.5 Å². The molecule has 1 saturated heterocycles. The summed E-state index contributed by atoms with van der Waals surface area (Å²) in [7, 11) is 0. The van der Waals surface area contributed by atoms with Gasteiger partial charge in [-0.15, -0.1) is 0 Å². The Bertz CT molecular complexity index is 759. The van der Waals surface area contributed by atoms with Crippen LogP contribution in [0.5, 0.6) is 0 Å². The van der Waals surface area contributed by atoms with Crippen LogP contribution in [0.25, 0.3) is 0 Å². The molecule has 2 N–H and O–H groups in total. The molecule has 2 aromatic rings. The van der Waals surface area contributed by atoms with E-state index in [1.165, 1.54) is 0 Å². The van der Waals surface area contributed by atoms with Gasteiger partial charge in [0.2, 0.25) is 0 Å². The van der Waals surface area contributed by atoms with Crippen LogP contribution < -0.4 is 10.6 Å². The van der Waals surface area contributed by atoms with Gasteiger partial charge in [0, 0.05) is 35.0 Å². The summed E-state index contributed by atoms with van der Waals surface area (Å²) in [6.45, 7) is 2.96. The number of amides is 1. The smallest absolute Gasteiger partial charge is 0.270 e. The first kappa shape index (κ1) is 17.9. The highest BCUT2D eigenvalue weighted by Gasteiger charge is 2.18. The van der Waals surface area contributed by atoms with Crippen molar-refractivity contribution in [2.45, 2.75) is 25.9 Å². The third-order valence-corrected chi connectivity index (χ3v) is 4.16. The monoisotopic (exact) mass is 380 g/mol. The molecule has 1 aliphatic heterocycles. The third kappa shape index (κ3) is 5.04. The molecule has 6 nitrogen and oxygen atoms in total. The van der Waals surface area contributed by atoms with Crippen LogP contribution in [0, 0.1) is 6.92 Å². The molecule has 1 aliphatic rings. The molecule has 1 aromatic carbocycles. The fourth-order valence-corrected chi connectivity index (χ4v) is 3.15. The van der Waals surface area contributed by atoms with Crippen LogP contribution in [0.3, 0.4) is 0 Å². The molecule has 1 aromatic heterocycles. The Kier molecular flexibility index (Phi) is 5.73. The van der Waals surface area contributed by atoms with E-state index in [1.807, 2.05) is 0 Å². The second-order valence-corrected chi connectivity index (χ2v) is 6.69. The van der Waals surface area contributed by atoms with Gasteiger partial charge < -0.3 is 15.4 Å². The van der Waals surface area contributed by atoms with Gasteiger partial charge in [0.15, 0.2) is 0 Å². The Labute approximate surface area is 155 Å². The Morgan fingerprint density at radius 1 is 1.24 bits per heavy atom. The quantitative estimate of drug-likeness (QED) is 0.825. The van der Waals surface area contributed by atoms with Gasteiger partial charge in [-0.05, 0) is 38.0 Å². The molecule has 1 fully saturated rings. The molecule has 0 spiro atoms. The lowest BCUT2D eigenvalue weighted by Gasteiger charge is -2.12. The molecule has 8 heteroatoms. The van der Waals surface area contributed by atoms with E-state index in [-0.39, 0.29) is 12.0 Å². The molecule has 132 valence electrons. The van der Waals surface area contributed by atoms with Gasteiger partial charge in [-0.1, -0.05) is 23.2 Å². The molecule has 25 heavy (non-hydrogen) atoms. The first-order valence-corrected chi connectivity index (χ1v) is 8.74. The average Bonchev–Trinajstić information content (AvgIpc) is 3.04. The number of carbonyl (C=O) groups excluding carboxylic acids is 1. The molecule has 2 heterocycles. The first-order chi connectivity index (χ1) is 12.0. The van der Waals surface area contributed by atoms with Crippen molar-refractivity contribution in [3.05, 3.63) is 45.8 Å². The van der Waals surface area contributed by atoms with Crippen LogP contribution >= 0.6 is 23.2 Å². The van der Waals surface area contributed by atoms with Crippen molar-refractivity contribution >= 4 is 40.6 Å². The number of hydrogen-bond donors (Lipinski definition) is 2. The number of benzene rings is 1. The normalized spacial score (nSPS) is 16.7. The highest BCUT2D eigenvalue weighted by molar-refractivity contribution is 6.35. The Hall–Kier alpha value is -1.89. The maximum atomic E-state index is 12.3. The van der Waals surface area contributed by atoms with Crippen molar-refractivity contribution < 1.29 is 9.53 Å². The number of ether oxygens (including phenoxy) is 1. The Morgan fingerprint density at radius 3 is 2.68 bits per heavy atom. The summed E-state index contributed by atoms with van der Waals surface area (Å²) < 4.78 is 5.50.